The van der Waals surface area contributed by atoms with Crippen LogP contribution in [0.5, 0.6) is 0 Å². The first-order valence-corrected chi connectivity index (χ1v) is 6.35. The van der Waals surface area contributed by atoms with Crippen LogP contribution in [-0.4, -0.2) is 28.6 Å². The van der Waals surface area contributed by atoms with Gasteiger partial charge in [-0.05, 0) is 44.7 Å². The van der Waals surface area contributed by atoms with Crippen LogP contribution >= 0.6 is 0 Å². The Morgan fingerprint density at radius 2 is 2.33 bits per heavy atom. The number of aromatic nitrogens is 1. The monoisotopic (exact) mass is 248 g/mol. The Labute approximate surface area is 107 Å². The van der Waals surface area contributed by atoms with E-state index >= 15 is 0 Å². The fourth-order valence-electron chi connectivity index (χ4n) is 2.54. The van der Waals surface area contributed by atoms with Gasteiger partial charge in [-0.2, -0.15) is 0 Å². The van der Waals surface area contributed by atoms with Crippen LogP contribution in [-0.2, 0) is 0 Å². The highest BCUT2D eigenvalue weighted by Crippen LogP contribution is 2.27. The number of pyridine rings is 1. The molecule has 18 heavy (non-hydrogen) atoms. The Morgan fingerprint density at radius 3 is 3.00 bits per heavy atom. The average Bonchev–Trinajstić information content (AvgIpc) is 2.38. The van der Waals surface area contributed by atoms with Crippen molar-refractivity contribution in [2.75, 3.05) is 11.4 Å². The number of aryl methyl sites for hydroxylation is 1. The summed E-state index contributed by atoms with van der Waals surface area (Å²) in [7, 11) is 0. The molecule has 1 aromatic rings. The van der Waals surface area contributed by atoms with Crippen molar-refractivity contribution in [1.29, 1.82) is 0 Å². The van der Waals surface area contributed by atoms with Gasteiger partial charge in [0, 0.05) is 18.8 Å². The Balaban J connectivity index is 2.46. The van der Waals surface area contributed by atoms with E-state index in [9.17, 15) is 0 Å². The molecule has 0 radical (unpaired) electrons. The Hall–Kier alpha value is -1.78. The number of oxime groups is 1. The van der Waals surface area contributed by atoms with Crippen LogP contribution in [0.3, 0.4) is 0 Å². The molecule has 0 aliphatic carbocycles. The zero-order chi connectivity index (χ0) is 13.1. The van der Waals surface area contributed by atoms with Gasteiger partial charge in [0.1, 0.15) is 5.82 Å². The molecule has 0 saturated carbocycles. The normalized spacial score (nSPS) is 21.1. The van der Waals surface area contributed by atoms with E-state index < -0.39 is 0 Å². The summed E-state index contributed by atoms with van der Waals surface area (Å²) in [4.78, 5) is 6.69. The van der Waals surface area contributed by atoms with E-state index in [2.05, 4.69) is 22.0 Å². The minimum atomic E-state index is 0.133. The molecule has 0 amide bonds. The van der Waals surface area contributed by atoms with E-state index in [0.29, 0.717) is 6.04 Å². The second-order valence-electron chi connectivity index (χ2n) is 4.85. The standard InChI is InChI=1S/C13H20N4O/c1-9-6-7-15-13(11(9)12(14)16-18)17-8-4-3-5-10(17)2/h6-7,10,18H,3-5,8H2,1-2H3,(H2,14,16). The predicted molar refractivity (Wildman–Crippen MR) is 72.1 cm³/mol. The van der Waals surface area contributed by atoms with Gasteiger partial charge in [-0.1, -0.05) is 5.16 Å². The summed E-state index contributed by atoms with van der Waals surface area (Å²) in [5, 5.41) is 12.0. The molecule has 0 spiro atoms. The van der Waals surface area contributed by atoms with Crippen LogP contribution in [0.4, 0.5) is 5.82 Å². The van der Waals surface area contributed by atoms with Gasteiger partial charge >= 0.3 is 0 Å². The second-order valence-corrected chi connectivity index (χ2v) is 4.85. The number of nitrogens with zero attached hydrogens (tertiary/aromatic N) is 3. The number of hydrogen-bond donors (Lipinski definition) is 2. The van der Waals surface area contributed by atoms with Crippen molar-refractivity contribution >= 4 is 11.7 Å². The molecule has 2 heterocycles. The molecular weight excluding hydrogens is 228 g/mol. The Morgan fingerprint density at radius 1 is 1.56 bits per heavy atom. The molecule has 1 aromatic heterocycles. The maximum atomic E-state index is 8.92. The molecule has 0 bridgehead atoms. The lowest BCUT2D eigenvalue weighted by Gasteiger charge is -2.35. The lowest BCUT2D eigenvalue weighted by Crippen LogP contribution is -2.39. The average molecular weight is 248 g/mol. The molecule has 1 atom stereocenters. The molecule has 5 nitrogen and oxygen atoms in total. The SMILES string of the molecule is Cc1ccnc(N2CCCCC2C)c1/C(N)=N/O. The second kappa shape index (κ2) is 5.25. The van der Waals surface area contributed by atoms with Gasteiger partial charge in [-0.15, -0.1) is 0 Å². The van der Waals surface area contributed by atoms with Crippen molar-refractivity contribution in [3.8, 4) is 0 Å². The molecule has 5 heteroatoms. The molecule has 1 fully saturated rings. The van der Waals surface area contributed by atoms with E-state index in [1.807, 2.05) is 13.0 Å². The third-order valence-electron chi connectivity index (χ3n) is 3.58. The zero-order valence-corrected chi connectivity index (χ0v) is 10.9. The van der Waals surface area contributed by atoms with E-state index in [1.54, 1.807) is 6.20 Å². The molecule has 1 unspecified atom stereocenters. The maximum absolute atomic E-state index is 8.92. The summed E-state index contributed by atoms with van der Waals surface area (Å²) in [6.07, 6.45) is 5.35. The fraction of sp³-hybridized carbons (Fsp3) is 0.538. The largest absolute Gasteiger partial charge is 0.409 e. The van der Waals surface area contributed by atoms with Gasteiger partial charge in [-0.25, -0.2) is 4.98 Å². The van der Waals surface area contributed by atoms with Gasteiger partial charge in [0.15, 0.2) is 5.84 Å². The molecule has 0 aromatic carbocycles. The summed E-state index contributed by atoms with van der Waals surface area (Å²) in [5.74, 6) is 0.964. The summed E-state index contributed by atoms with van der Waals surface area (Å²) < 4.78 is 0. The van der Waals surface area contributed by atoms with Crippen molar-refractivity contribution in [2.24, 2.45) is 10.9 Å². The maximum Gasteiger partial charge on any atom is 0.174 e. The van der Waals surface area contributed by atoms with E-state index in [4.69, 9.17) is 10.9 Å². The molecular formula is C13H20N4O. The molecule has 1 aliphatic heterocycles. The van der Waals surface area contributed by atoms with E-state index in [-0.39, 0.29) is 5.84 Å². The van der Waals surface area contributed by atoms with Crippen molar-refractivity contribution < 1.29 is 5.21 Å². The summed E-state index contributed by atoms with van der Waals surface area (Å²) >= 11 is 0. The lowest BCUT2D eigenvalue weighted by atomic mass is 10.0. The van der Waals surface area contributed by atoms with E-state index in [1.165, 1.54) is 6.42 Å². The lowest BCUT2D eigenvalue weighted by molar-refractivity contribution is 0.318. The molecule has 1 saturated heterocycles. The highest BCUT2D eigenvalue weighted by molar-refractivity contribution is 6.02. The number of piperidine rings is 1. The molecule has 1 aliphatic rings. The van der Waals surface area contributed by atoms with Gasteiger partial charge in [0.05, 0.1) is 5.56 Å². The van der Waals surface area contributed by atoms with Crippen molar-refractivity contribution in [1.82, 2.24) is 4.98 Å². The van der Waals surface area contributed by atoms with Crippen molar-refractivity contribution in [3.05, 3.63) is 23.4 Å². The molecule has 2 rings (SSSR count). The van der Waals surface area contributed by atoms with Crippen LogP contribution in [0, 0.1) is 6.92 Å². The fourth-order valence-corrected chi connectivity index (χ4v) is 2.54. The first kappa shape index (κ1) is 12.7. The number of amidine groups is 1. The number of hydrogen-bond acceptors (Lipinski definition) is 4. The van der Waals surface area contributed by atoms with Crippen LogP contribution in [0.1, 0.15) is 37.3 Å². The van der Waals surface area contributed by atoms with Crippen molar-refractivity contribution in [3.63, 3.8) is 0 Å². The van der Waals surface area contributed by atoms with Gasteiger partial charge in [0.2, 0.25) is 0 Å². The minimum Gasteiger partial charge on any atom is -0.409 e. The third-order valence-corrected chi connectivity index (χ3v) is 3.58. The van der Waals surface area contributed by atoms with E-state index in [0.717, 1.165) is 36.3 Å². The summed E-state index contributed by atoms with van der Waals surface area (Å²) in [5.41, 5.74) is 7.51. The Bertz CT molecular complexity index is 458. The van der Waals surface area contributed by atoms with Crippen molar-refractivity contribution in [2.45, 2.75) is 39.2 Å². The van der Waals surface area contributed by atoms with Gasteiger partial charge < -0.3 is 15.8 Å². The minimum absolute atomic E-state index is 0.133. The number of anilines is 1. The number of rotatable bonds is 2. The van der Waals surface area contributed by atoms with Gasteiger partial charge in [-0.3, -0.25) is 0 Å². The summed E-state index contributed by atoms with van der Waals surface area (Å²) in [6, 6.07) is 2.32. The topological polar surface area (TPSA) is 74.7 Å². The highest BCUT2D eigenvalue weighted by atomic mass is 16.4. The quantitative estimate of drug-likeness (QED) is 0.362. The van der Waals surface area contributed by atoms with Gasteiger partial charge in [0.25, 0.3) is 0 Å². The van der Waals surface area contributed by atoms with Crippen LogP contribution in [0.25, 0.3) is 0 Å². The Kier molecular flexibility index (Phi) is 3.69. The van der Waals surface area contributed by atoms with Crippen LogP contribution in [0.15, 0.2) is 17.4 Å². The number of nitrogens with two attached hydrogens (primary N) is 1. The molecule has 3 N–H and O–H groups in total. The zero-order valence-electron chi connectivity index (χ0n) is 10.9. The van der Waals surface area contributed by atoms with Crippen LogP contribution in [0.2, 0.25) is 0 Å². The van der Waals surface area contributed by atoms with Crippen LogP contribution < -0.4 is 10.6 Å². The molecule has 98 valence electrons. The predicted octanol–water partition coefficient (Wildman–Crippen LogP) is 1.86. The highest BCUT2D eigenvalue weighted by Gasteiger charge is 2.24. The smallest absolute Gasteiger partial charge is 0.174 e. The first-order valence-electron chi connectivity index (χ1n) is 6.35. The first-order chi connectivity index (χ1) is 8.65. The third kappa shape index (κ3) is 2.25. The summed E-state index contributed by atoms with van der Waals surface area (Å²) in [6.45, 7) is 5.12.